The SMILES string of the molecule is CC(C)C[C@H](NC(=O)N(N)CCCN=[N+]=[N-])C(=O)O. The molecule has 108 valence electrons. The van der Waals surface area contributed by atoms with Gasteiger partial charge in [0.1, 0.15) is 6.04 Å². The van der Waals surface area contributed by atoms with E-state index < -0.39 is 18.0 Å². The second-order valence-electron chi connectivity index (χ2n) is 4.47. The van der Waals surface area contributed by atoms with Gasteiger partial charge in [0.05, 0.1) is 0 Å². The van der Waals surface area contributed by atoms with E-state index in [0.717, 1.165) is 5.01 Å². The van der Waals surface area contributed by atoms with E-state index in [-0.39, 0.29) is 19.0 Å². The van der Waals surface area contributed by atoms with Crippen LogP contribution in [0.25, 0.3) is 10.4 Å². The van der Waals surface area contributed by atoms with Gasteiger partial charge >= 0.3 is 12.0 Å². The molecule has 4 N–H and O–H groups in total. The summed E-state index contributed by atoms with van der Waals surface area (Å²) in [6.07, 6.45) is 0.740. The van der Waals surface area contributed by atoms with Crippen LogP contribution in [0.4, 0.5) is 4.79 Å². The molecule has 2 amide bonds. The highest BCUT2D eigenvalue weighted by atomic mass is 16.4. The number of nitrogens with one attached hydrogen (secondary N) is 1. The fourth-order valence-electron chi connectivity index (χ4n) is 1.38. The molecule has 19 heavy (non-hydrogen) atoms. The number of hydrogen-bond donors (Lipinski definition) is 3. The van der Waals surface area contributed by atoms with Crippen LogP contribution in [-0.2, 0) is 4.79 Å². The van der Waals surface area contributed by atoms with Crippen LogP contribution in [0.1, 0.15) is 26.7 Å². The van der Waals surface area contributed by atoms with Gasteiger partial charge in [-0.2, -0.15) is 0 Å². The van der Waals surface area contributed by atoms with E-state index in [0.29, 0.717) is 12.8 Å². The number of urea groups is 1. The first-order chi connectivity index (χ1) is 8.88. The summed E-state index contributed by atoms with van der Waals surface area (Å²) in [7, 11) is 0. The Morgan fingerprint density at radius 2 is 2.16 bits per heavy atom. The van der Waals surface area contributed by atoms with Crippen molar-refractivity contribution in [3.05, 3.63) is 10.4 Å². The van der Waals surface area contributed by atoms with Gasteiger partial charge in [-0.3, -0.25) is 5.01 Å². The van der Waals surface area contributed by atoms with E-state index in [1.165, 1.54) is 0 Å². The number of nitrogens with two attached hydrogens (primary N) is 1. The molecule has 1 atom stereocenters. The zero-order valence-electron chi connectivity index (χ0n) is 11.1. The number of carboxylic acids is 1. The lowest BCUT2D eigenvalue weighted by Gasteiger charge is -2.21. The number of aliphatic carboxylic acids is 1. The molecule has 0 aromatic rings. The molecule has 0 saturated heterocycles. The molecule has 0 aliphatic rings. The molecule has 0 aliphatic carbocycles. The van der Waals surface area contributed by atoms with Crippen molar-refractivity contribution in [1.29, 1.82) is 0 Å². The molecule has 0 bridgehead atoms. The first-order valence-electron chi connectivity index (χ1n) is 5.94. The minimum Gasteiger partial charge on any atom is -0.480 e. The average Bonchev–Trinajstić information content (AvgIpc) is 2.32. The number of azide groups is 1. The van der Waals surface area contributed by atoms with Gasteiger partial charge in [-0.25, -0.2) is 15.4 Å². The Labute approximate surface area is 111 Å². The Balaban J connectivity index is 4.23. The smallest absolute Gasteiger partial charge is 0.332 e. The van der Waals surface area contributed by atoms with Crippen LogP contribution in [0.15, 0.2) is 5.11 Å². The molecule has 0 heterocycles. The quantitative estimate of drug-likeness (QED) is 0.115. The minimum atomic E-state index is -1.09. The molecule has 0 saturated carbocycles. The molecule has 9 heteroatoms. The van der Waals surface area contributed by atoms with Crippen molar-refractivity contribution in [3.63, 3.8) is 0 Å². The number of carbonyl (C=O) groups is 2. The number of carbonyl (C=O) groups excluding carboxylic acids is 1. The number of nitrogens with zero attached hydrogens (tertiary/aromatic N) is 4. The summed E-state index contributed by atoms with van der Waals surface area (Å²) in [6.45, 7) is 4.13. The largest absolute Gasteiger partial charge is 0.480 e. The second-order valence-corrected chi connectivity index (χ2v) is 4.47. The van der Waals surface area contributed by atoms with Crippen LogP contribution in [0.2, 0.25) is 0 Å². The Hall–Kier alpha value is -1.99. The number of rotatable bonds is 8. The summed E-state index contributed by atoms with van der Waals surface area (Å²) in [5.41, 5.74) is 8.07. The van der Waals surface area contributed by atoms with Gasteiger partial charge < -0.3 is 10.4 Å². The third kappa shape index (κ3) is 7.85. The number of hydrogen-bond acceptors (Lipinski definition) is 4. The van der Waals surface area contributed by atoms with Gasteiger partial charge in [-0.15, -0.1) is 0 Å². The van der Waals surface area contributed by atoms with Crippen LogP contribution in [0.5, 0.6) is 0 Å². The predicted molar refractivity (Wildman–Crippen MR) is 68.9 cm³/mol. The van der Waals surface area contributed by atoms with Crippen molar-refractivity contribution in [1.82, 2.24) is 10.3 Å². The summed E-state index contributed by atoms with van der Waals surface area (Å²) < 4.78 is 0. The molecular weight excluding hydrogens is 252 g/mol. The molecule has 0 unspecified atom stereocenters. The zero-order valence-corrected chi connectivity index (χ0v) is 11.1. The Morgan fingerprint density at radius 1 is 1.53 bits per heavy atom. The maximum atomic E-state index is 11.6. The Kier molecular flexibility index (Phi) is 8.07. The summed E-state index contributed by atoms with van der Waals surface area (Å²) in [6, 6.07) is -1.62. The minimum absolute atomic E-state index is 0.137. The summed E-state index contributed by atoms with van der Waals surface area (Å²) in [4.78, 5) is 25.2. The van der Waals surface area contributed by atoms with Crippen LogP contribution in [0.3, 0.4) is 0 Å². The van der Waals surface area contributed by atoms with E-state index in [1.54, 1.807) is 0 Å². The molecular formula is C10H20N6O3. The Bertz CT molecular complexity index is 353. The fraction of sp³-hybridized carbons (Fsp3) is 0.800. The maximum Gasteiger partial charge on any atom is 0.332 e. The van der Waals surface area contributed by atoms with E-state index in [1.807, 2.05) is 13.8 Å². The van der Waals surface area contributed by atoms with Crippen LogP contribution < -0.4 is 11.2 Å². The lowest BCUT2D eigenvalue weighted by atomic mass is 10.0. The highest BCUT2D eigenvalue weighted by Crippen LogP contribution is 2.05. The monoisotopic (exact) mass is 272 g/mol. The van der Waals surface area contributed by atoms with Crippen LogP contribution in [0, 0.1) is 5.92 Å². The number of amides is 2. The van der Waals surface area contributed by atoms with E-state index in [9.17, 15) is 9.59 Å². The number of hydrazine groups is 1. The summed E-state index contributed by atoms with van der Waals surface area (Å²) in [5.74, 6) is 4.52. The average molecular weight is 272 g/mol. The zero-order chi connectivity index (χ0) is 14.8. The lowest BCUT2D eigenvalue weighted by molar-refractivity contribution is -0.139. The fourth-order valence-corrected chi connectivity index (χ4v) is 1.38. The number of carboxylic acid groups (broad SMARTS) is 1. The van der Waals surface area contributed by atoms with Crippen molar-refractivity contribution >= 4 is 12.0 Å². The van der Waals surface area contributed by atoms with Gasteiger partial charge in [0, 0.05) is 18.0 Å². The highest BCUT2D eigenvalue weighted by molar-refractivity contribution is 5.82. The second kappa shape index (κ2) is 9.01. The van der Waals surface area contributed by atoms with Crippen LogP contribution in [-0.4, -0.2) is 41.2 Å². The molecule has 0 aromatic heterocycles. The van der Waals surface area contributed by atoms with E-state index >= 15 is 0 Å². The molecule has 0 aromatic carbocycles. The first-order valence-corrected chi connectivity index (χ1v) is 5.94. The first kappa shape index (κ1) is 17.0. The molecule has 0 fully saturated rings. The molecule has 9 nitrogen and oxygen atoms in total. The Morgan fingerprint density at radius 3 is 2.63 bits per heavy atom. The van der Waals surface area contributed by atoms with Gasteiger partial charge in [0.25, 0.3) is 0 Å². The van der Waals surface area contributed by atoms with Gasteiger partial charge in [-0.05, 0) is 24.3 Å². The normalized spacial score (nSPS) is 11.6. The molecule has 0 rings (SSSR count). The lowest BCUT2D eigenvalue weighted by Crippen LogP contribution is -2.51. The van der Waals surface area contributed by atoms with Gasteiger partial charge in [0.15, 0.2) is 0 Å². The molecule has 0 aliphatic heterocycles. The van der Waals surface area contributed by atoms with Gasteiger partial charge in [0.2, 0.25) is 0 Å². The highest BCUT2D eigenvalue weighted by Gasteiger charge is 2.22. The summed E-state index contributed by atoms with van der Waals surface area (Å²) in [5, 5.41) is 15.5. The van der Waals surface area contributed by atoms with Crippen molar-refractivity contribution in [2.75, 3.05) is 13.1 Å². The standard InChI is InChI=1S/C10H20N6O3/c1-7(2)6-8(9(17)18)14-10(19)16(12)5-3-4-13-15-11/h7-8H,3-6,12H2,1-2H3,(H,14,19)(H,17,18)/t8-/m0/s1. The van der Waals surface area contributed by atoms with Crippen molar-refractivity contribution < 1.29 is 14.7 Å². The van der Waals surface area contributed by atoms with Crippen molar-refractivity contribution in [3.8, 4) is 0 Å². The van der Waals surface area contributed by atoms with E-state index in [4.69, 9.17) is 16.5 Å². The van der Waals surface area contributed by atoms with Gasteiger partial charge in [-0.1, -0.05) is 19.0 Å². The van der Waals surface area contributed by atoms with Crippen LogP contribution >= 0.6 is 0 Å². The third-order valence-electron chi connectivity index (χ3n) is 2.28. The van der Waals surface area contributed by atoms with E-state index in [2.05, 4.69) is 15.3 Å². The molecule has 0 radical (unpaired) electrons. The van der Waals surface area contributed by atoms with Crippen molar-refractivity contribution in [2.24, 2.45) is 16.9 Å². The topological polar surface area (TPSA) is 144 Å². The maximum absolute atomic E-state index is 11.6. The molecule has 0 spiro atoms. The third-order valence-corrected chi connectivity index (χ3v) is 2.28. The van der Waals surface area contributed by atoms with Crippen molar-refractivity contribution in [2.45, 2.75) is 32.7 Å². The summed E-state index contributed by atoms with van der Waals surface area (Å²) >= 11 is 0. The predicted octanol–water partition coefficient (Wildman–Crippen LogP) is 1.07.